The third-order valence-corrected chi connectivity index (χ3v) is 4.21. The molecule has 27 heavy (non-hydrogen) atoms. The van der Waals surface area contributed by atoms with E-state index in [2.05, 4.69) is 25.5 Å². The maximum atomic E-state index is 12.5. The highest BCUT2D eigenvalue weighted by atomic mass is 16.1. The molecular weight excluding hydrogens is 342 g/mol. The van der Waals surface area contributed by atoms with Crippen molar-refractivity contribution in [3.8, 4) is 0 Å². The zero-order chi connectivity index (χ0) is 19.4. The molecule has 0 unspecified atom stereocenters. The smallest absolute Gasteiger partial charge is 0.270 e. The molecule has 1 amide bonds. The molecule has 0 aromatic carbocycles. The van der Waals surface area contributed by atoms with Crippen LogP contribution in [0.15, 0.2) is 30.5 Å². The molecule has 8 nitrogen and oxygen atoms in total. The van der Waals surface area contributed by atoms with Gasteiger partial charge in [0.25, 0.3) is 5.91 Å². The van der Waals surface area contributed by atoms with Gasteiger partial charge in [-0.3, -0.25) is 9.20 Å². The third-order valence-electron chi connectivity index (χ3n) is 4.21. The summed E-state index contributed by atoms with van der Waals surface area (Å²) in [6.45, 7) is 4.64. The normalized spacial score (nSPS) is 11.1. The Hall–Kier alpha value is -3.03. The average Bonchev–Trinajstić information content (AvgIpc) is 3.07. The number of carbonyl (C=O) groups excluding carboxylic acids is 1. The van der Waals surface area contributed by atoms with E-state index in [1.165, 1.54) is 0 Å². The maximum Gasteiger partial charge on any atom is 0.270 e. The van der Waals surface area contributed by atoms with Crippen molar-refractivity contribution in [2.45, 2.75) is 32.6 Å². The van der Waals surface area contributed by atoms with Gasteiger partial charge < -0.3 is 10.2 Å². The first-order valence-electron chi connectivity index (χ1n) is 9.09. The summed E-state index contributed by atoms with van der Waals surface area (Å²) in [4.78, 5) is 23.2. The largest absolute Gasteiger partial charge is 0.351 e. The lowest BCUT2D eigenvalue weighted by Crippen LogP contribution is -2.27. The van der Waals surface area contributed by atoms with E-state index in [0.717, 1.165) is 30.0 Å². The summed E-state index contributed by atoms with van der Waals surface area (Å²) in [5, 5.41) is 11.3. The van der Waals surface area contributed by atoms with Gasteiger partial charge in [-0.1, -0.05) is 19.9 Å². The molecule has 1 N–H and O–H groups in total. The summed E-state index contributed by atoms with van der Waals surface area (Å²) >= 11 is 0. The standard InChI is InChI=1S/C19H25N7O/c1-13(2)14-12-15(22-19(21-14)25(3)4)18(27)20-10-7-9-17-24-23-16-8-5-6-11-26(16)17/h5-6,8,11-13H,7,9-10H2,1-4H3,(H,20,27). The molecule has 0 fully saturated rings. The topological polar surface area (TPSA) is 88.3 Å². The molecule has 8 heteroatoms. The fraction of sp³-hybridized carbons (Fsp3) is 0.421. The summed E-state index contributed by atoms with van der Waals surface area (Å²) in [7, 11) is 3.73. The molecule has 0 atom stereocenters. The minimum atomic E-state index is -0.187. The van der Waals surface area contributed by atoms with Crippen molar-refractivity contribution in [1.82, 2.24) is 29.9 Å². The van der Waals surface area contributed by atoms with Gasteiger partial charge in [-0.25, -0.2) is 9.97 Å². The van der Waals surface area contributed by atoms with E-state index in [-0.39, 0.29) is 11.8 Å². The summed E-state index contributed by atoms with van der Waals surface area (Å²) in [5.41, 5.74) is 2.08. The number of aryl methyl sites for hydroxylation is 1. The summed E-state index contributed by atoms with van der Waals surface area (Å²) in [6, 6.07) is 7.57. The van der Waals surface area contributed by atoms with Gasteiger partial charge in [0.1, 0.15) is 11.5 Å². The van der Waals surface area contributed by atoms with Crippen LogP contribution in [0.1, 0.15) is 48.2 Å². The Kier molecular flexibility index (Phi) is 5.63. The summed E-state index contributed by atoms with van der Waals surface area (Å²) in [5.74, 6) is 1.47. The van der Waals surface area contributed by atoms with E-state index in [1.54, 1.807) is 11.0 Å². The van der Waals surface area contributed by atoms with Crippen LogP contribution in [0.4, 0.5) is 5.95 Å². The van der Waals surface area contributed by atoms with Crippen molar-refractivity contribution in [3.63, 3.8) is 0 Å². The lowest BCUT2D eigenvalue weighted by atomic mass is 10.1. The highest BCUT2D eigenvalue weighted by Crippen LogP contribution is 2.16. The van der Waals surface area contributed by atoms with Crippen molar-refractivity contribution in [1.29, 1.82) is 0 Å². The minimum absolute atomic E-state index is 0.187. The third kappa shape index (κ3) is 4.39. The number of pyridine rings is 1. The minimum Gasteiger partial charge on any atom is -0.351 e. The van der Waals surface area contributed by atoms with Crippen LogP contribution >= 0.6 is 0 Å². The lowest BCUT2D eigenvalue weighted by molar-refractivity contribution is 0.0948. The van der Waals surface area contributed by atoms with E-state index < -0.39 is 0 Å². The number of nitrogens with one attached hydrogen (secondary N) is 1. The molecule has 0 radical (unpaired) electrons. The van der Waals surface area contributed by atoms with Crippen molar-refractivity contribution in [2.75, 3.05) is 25.5 Å². The summed E-state index contributed by atoms with van der Waals surface area (Å²) < 4.78 is 1.96. The van der Waals surface area contributed by atoms with E-state index in [4.69, 9.17) is 0 Å². The fourth-order valence-electron chi connectivity index (χ4n) is 2.67. The molecule has 0 spiro atoms. The van der Waals surface area contributed by atoms with Gasteiger partial charge in [0.05, 0.1) is 0 Å². The number of carbonyl (C=O) groups is 1. The number of hydrogen-bond acceptors (Lipinski definition) is 6. The van der Waals surface area contributed by atoms with Crippen molar-refractivity contribution in [2.24, 2.45) is 0 Å². The fourth-order valence-corrected chi connectivity index (χ4v) is 2.67. The Morgan fingerprint density at radius 3 is 2.78 bits per heavy atom. The second kappa shape index (κ2) is 8.11. The molecule has 0 saturated heterocycles. The van der Waals surface area contributed by atoms with Crippen LogP contribution in [0.5, 0.6) is 0 Å². The van der Waals surface area contributed by atoms with Crippen LogP contribution in [0.3, 0.4) is 0 Å². The number of aromatic nitrogens is 5. The monoisotopic (exact) mass is 367 g/mol. The van der Waals surface area contributed by atoms with Gasteiger partial charge in [0.15, 0.2) is 5.65 Å². The molecule has 3 aromatic heterocycles. The molecule has 0 aliphatic rings. The maximum absolute atomic E-state index is 12.5. The predicted octanol–water partition coefficient (Wildman–Crippen LogP) is 2.07. The molecular formula is C19H25N7O. The van der Waals surface area contributed by atoms with Crippen LogP contribution in [0.25, 0.3) is 5.65 Å². The molecule has 142 valence electrons. The second-order valence-electron chi connectivity index (χ2n) is 6.93. The Balaban J connectivity index is 1.60. The van der Waals surface area contributed by atoms with Crippen LogP contribution in [0, 0.1) is 0 Å². The number of amides is 1. The Morgan fingerprint density at radius 2 is 2.04 bits per heavy atom. The van der Waals surface area contributed by atoms with Crippen LogP contribution in [0.2, 0.25) is 0 Å². The Bertz CT molecular complexity index is 906. The van der Waals surface area contributed by atoms with Gasteiger partial charge in [-0.05, 0) is 30.5 Å². The first-order chi connectivity index (χ1) is 13.0. The molecule has 0 aliphatic carbocycles. The predicted molar refractivity (Wildman–Crippen MR) is 104 cm³/mol. The Labute approximate surface area is 158 Å². The van der Waals surface area contributed by atoms with Gasteiger partial charge >= 0.3 is 0 Å². The summed E-state index contributed by atoms with van der Waals surface area (Å²) in [6.07, 6.45) is 3.44. The number of hydrogen-bond donors (Lipinski definition) is 1. The van der Waals surface area contributed by atoms with Crippen molar-refractivity contribution < 1.29 is 4.79 Å². The second-order valence-corrected chi connectivity index (χ2v) is 6.93. The van der Waals surface area contributed by atoms with Crippen molar-refractivity contribution in [3.05, 3.63) is 47.7 Å². The van der Waals surface area contributed by atoms with E-state index in [0.29, 0.717) is 18.2 Å². The van der Waals surface area contributed by atoms with E-state index >= 15 is 0 Å². The van der Waals surface area contributed by atoms with Gasteiger partial charge in [-0.2, -0.15) is 0 Å². The van der Waals surface area contributed by atoms with Crippen LogP contribution in [-0.2, 0) is 6.42 Å². The number of nitrogens with zero attached hydrogens (tertiary/aromatic N) is 6. The average molecular weight is 367 g/mol. The Morgan fingerprint density at radius 1 is 1.22 bits per heavy atom. The molecule has 3 rings (SSSR count). The SMILES string of the molecule is CC(C)c1cc(C(=O)NCCCc2nnc3ccccn23)nc(N(C)C)n1. The van der Waals surface area contributed by atoms with Crippen LogP contribution in [-0.4, -0.2) is 51.1 Å². The highest BCUT2D eigenvalue weighted by Gasteiger charge is 2.14. The van der Waals surface area contributed by atoms with E-state index in [9.17, 15) is 4.79 Å². The van der Waals surface area contributed by atoms with Gasteiger partial charge in [0, 0.05) is 39.0 Å². The molecule has 3 heterocycles. The molecule has 3 aromatic rings. The first kappa shape index (κ1) is 18.8. The van der Waals surface area contributed by atoms with Gasteiger partial charge in [0.2, 0.25) is 5.95 Å². The zero-order valence-electron chi connectivity index (χ0n) is 16.2. The highest BCUT2D eigenvalue weighted by molar-refractivity contribution is 5.92. The van der Waals surface area contributed by atoms with Crippen LogP contribution < -0.4 is 10.2 Å². The number of rotatable bonds is 7. The number of anilines is 1. The molecule has 0 bridgehead atoms. The molecule has 0 aliphatic heterocycles. The van der Waals surface area contributed by atoms with Gasteiger partial charge in [-0.15, -0.1) is 10.2 Å². The first-order valence-corrected chi connectivity index (χ1v) is 9.09. The molecule has 0 saturated carbocycles. The lowest BCUT2D eigenvalue weighted by Gasteiger charge is -2.15. The van der Waals surface area contributed by atoms with Crippen molar-refractivity contribution >= 4 is 17.5 Å². The quantitative estimate of drug-likeness (QED) is 0.643. The van der Waals surface area contributed by atoms with E-state index in [1.807, 2.05) is 56.7 Å². The number of fused-ring (bicyclic) bond motifs is 1. The zero-order valence-corrected chi connectivity index (χ0v) is 16.2.